The number of nitrogens with one attached hydrogen (secondary N) is 1. The van der Waals surface area contributed by atoms with E-state index in [-0.39, 0.29) is 18.1 Å². The largest absolute Gasteiger partial charge is 0.333 e. The lowest BCUT2D eigenvalue weighted by molar-refractivity contribution is 0.580. The van der Waals surface area contributed by atoms with Crippen LogP contribution in [0.5, 0.6) is 0 Å². The standard InChI is InChI=1S/C18H18FN3O2S/c19-18-7-5-17(6-8-18)13-25(23,24)21-11-15-1-3-16(4-2-15)12-22-10-9-20-14-22/h1-10,14,21H,11-13H2. The Balaban J connectivity index is 1.56. The van der Waals surface area contributed by atoms with Crippen LogP contribution < -0.4 is 4.72 Å². The second kappa shape index (κ2) is 7.58. The van der Waals surface area contributed by atoms with Gasteiger partial charge in [-0.1, -0.05) is 36.4 Å². The molecule has 0 radical (unpaired) electrons. The Labute approximate surface area is 146 Å². The molecule has 130 valence electrons. The molecular formula is C18H18FN3O2S. The van der Waals surface area contributed by atoms with Gasteiger partial charge in [-0.3, -0.25) is 0 Å². The van der Waals surface area contributed by atoms with Gasteiger partial charge in [0.2, 0.25) is 10.0 Å². The molecule has 0 aliphatic carbocycles. The van der Waals surface area contributed by atoms with Crippen LogP contribution in [-0.2, 0) is 28.9 Å². The summed E-state index contributed by atoms with van der Waals surface area (Å²) in [6.07, 6.45) is 5.36. The van der Waals surface area contributed by atoms with Gasteiger partial charge >= 0.3 is 0 Å². The maximum absolute atomic E-state index is 12.9. The highest BCUT2D eigenvalue weighted by Crippen LogP contribution is 2.09. The van der Waals surface area contributed by atoms with Crippen LogP contribution in [0.15, 0.2) is 67.3 Å². The molecule has 7 heteroatoms. The fourth-order valence-electron chi connectivity index (χ4n) is 2.40. The van der Waals surface area contributed by atoms with E-state index in [9.17, 15) is 12.8 Å². The maximum atomic E-state index is 12.9. The summed E-state index contributed by atoms with van der Waals surface area (Å²) in [5, 5.41) is 0. The van der Waals surface area contributed by atoms with Gasteiger partial charge in [-0.15, -0.1) is 0 Å². The molecule has 0 saturated heterocycles. The van der Waals surface area contributed by atoms with Gasteiger partial charge in [0.25, 0.3) is 0 Å². The summed E-state index contributed by atoms with van der Waals surface area (Å²) in [6.45, 7) is 0.936. The molecule has 0 unspecified atom stereocenters. The number of aromatic nitrogens is 2. The molecule has 1 N–H and O–H groups in total. The third kappa shape index (κ3) is 5.23. The van der Waals surface area contributed by atoms with E-state index in [0.717, 1.165) is 17.7 Å². The number of imidazole rings is 1. The van der Waals surface area contributed by atoms with Crippen molar-refractivity contribution in [1.82, 2.24) is 14.3 Å². The first-order valence-corrected chi connectivity index (χ1v) is 9.41. The molecule has 0 atom stereocenters. The van der Waals surface area contributed by atoms with Gasteiger partial charge in [-0.05, 0) is 28.8 Å². The van der Waals surface area contributed by atoms with E-state index in [1.54, 1.807) is 12.5 Å². The summed E-state index contributed by atoms with van der Waals surface area (Å²) in [6, 6.07) is 13.2. The molecule has 0 aliphatic rings. The normalized spacial score (nSPS) is 11.6. The lowest BCUT2D eigenvalue weighted by atomic mass is 10.1. The number of benzene rings is 2. The molecular weight excluding hydrogens is 341 g/mol. The van der Waals surface area contributed by atoms with Gasteiger partial charge in [0.1, 0.15) is 5.82 Å². The summed E-state index contributed by atoms with van der Waals surface area (Å²) in [4.78, 5) is 4.00. The van der Waals surface area contributed by atoms with E-state index in [4.69, 9.17) is 0 Å². The van der Waals surface area contributed by atoms with Crippen molar-refractivity contribution in [1.29, 1.82) is 0 Å². The van der Waals surface area contributed by atoms with Crippen molar-refractivity contribution in [2.24, 2.45) is 0 Å². The highest BCUT2D eigenvalue weighted by molar-refractivity contribution is 7.88. The summed E-state index contributed by atoms with van der Waals surface area (Å²) in [5.41, 5.74) is 2.53. The molecule has 1 aromatic heterocycles. The van der Waals surface area contributed by atoms with E-state index in [1.165, 1.54) is 24.3 Å². The molecule has 1 heterocycles. The van der Waals surface area contributed by atoms with Gasteiger partial charge in [0, 0.05) is 25.5 Å². The molecule has 0 aliphatic heterocycles. The fourth-order valence-corrected chi connectivity index (χ4v) is 3.52. The number of sulfonamides is 1. The first kappa shape index (κ1) is 17.3. The summed E-state index contributed by atoms with van der Waals surface area (Å²) in [5.74, 6) is -0.559. The topological polar surface area (TPSA) is 64.0 Å². The van der Waals surface area contributed by atoms with E-state index in [0.29, 0.717) is 5.56 Å². The molecule has 0 spiro atoms. The van der Waals surface area contributed by atoms with Gasteiger partial charge in [0.05, 0.1) is 12.1 Å². The zero-order chi connectivity index (χ0) is 17.7. The third-order valence-corrected chi connectivity index (χ3v) is 5.01. The molecule has 0 bridgehead atoms. The molecule has 3 rings (SSSR count). The monoisotopic (exact) mass is 359 g/mol. The van der Waals surface area contributed by atoms with E-state index in [2.05, 4.69) is 9.71 Å². The predicted molar refractivity (Wildman–Crippen MR) is 93.6 cm³/mol. The minimum Gasteiger partial charge on any atom is -0.333 e. The Morgan fingerprint density at radius 3 is 2.24 bits per heavy atom. The van der Waals surface area contributed by atoms with Crippen molar-refractivity contribution in [3.05, 3.63) is 89.8 Å². The van der Waals surface area contributed by atoms with E-state index in [1.807, 2.05) is 35.0 Å². The Hall–Kier alpha value is -2.51. The molecule has 0 saturated carbocycles. The van der Waals surface area contributed by atoms with E-state index >= 15 is 0 Å². The maximum Gasteiger partial charge on any atom is 0.216 e. The summed E-state index contributed by atoms with van der Waals surface area (Å²) in [7, 11) is -3.48. The molecule has 2 aromatic carbocycles. The Morgan fingerprint density at radius 1 is 0.960 bits per heavy atom. The minimum atomic E-state index is -3.48. The van der Waals surface area contributed by atoms with Crippen LogP contribution in [0, 0.1) is 5.82 Å². The zero-order valence-electron chi connectivity index (χ0n) is 13.5. The smallest absolute Gasteiger partial charge is 0.216 e. The van der Waals surface area contributed by atoms with Gasteiger partial charge < -0.3 is 4.57 Å². The first-order valence-electron chi connectivity index (χ1n) is 7.75. The van der Waals surface area contributed by atoms with Crippen molar-refractivity contribution in [3.63, 3.8) is 0 Å². The lowest BCUT2D eigenvalue weighted by Crippen LogP contribution is -2.24. The summed E-state index contributed by atoms with van der Waals surface area (Å²) < 4.78 is 41.6. The van der Waals surface area contributed by atoms with Crippen LogP contribution >= 0.6 is 0 Å². The number of rotatable bonds is 7. The highest BCUT2D eigenvalue weighted by Gasteiger charge is 2.11. The first-order chi connectivity index (χ1) is 12.0. The van der Waals surface area contributed by atoms with Crippen LogP contribution in [0.1, 0.15) is 16.7 Å². The zero-order valence-corrected chi connectivity index (χ0v) is 14.3. The fraction of sp³-hybridized carbons (Fsp3) is 0.167. The minimum absolute atomic E-state index is 0.175. The van der Waals surface area contributed by atoms with E-state index < -0.39 is 10.0 Å². The quantitative estimate of drug-likeness (QED) is 0.705. The van der Waals surface area contributed by atoms with Crippen LogP contribution in [0.25, 0.3) is 0 Å². The highest BCUT2D eigenvalue weighted by atomic mass is 32.2. The van der Waals surface area contributed by atoms with Crippen LogP contribution in [0.3, 0.4) is 0 Å². The predicted octanol–water partition coefficient (Wildman–Crippen LogP) is 2.69. The average molecular weight is 359 g/mol. The molecule has 0 amide bonds. The SMILES string of the molecule is O=S(=O)(Cc1ccc(F)cc1)NCc1ccc(Cn2ccnc2)cc1. The molecule has 0 fully saturated rings. The number of hydrogen-bond donors (Lipinski definition) is 1. The second-order valence-electron chi connectivity index (χ2n) is 5.76. The number of halogens is 1. The van der Waals surface area contributed by atoms with Crippen molar-refractivity contribution in [3.8, 4) is 0 Å². The molecule has 5 nitrogen and oxygen atoms in total. The van der Waals surface area contributed by atoms with Crippen molar-refractivity contribution in [2.75, 3.05) is 0 Å². The summed E-state index contributed by atoms with van der Waals surface area (Å²) >= 11 is 0. The van der Waals surface area contributed by atoms with Crippen molar-refractivity contribution in [2.45, 2.75) is 18.8 Å². The Bertz CT molecular complexity index is 906. The van der Waals surface area contributed by atoms with Crippen LogP contribution in [0.2, 0.25) is 0 Å². The van der Waals surface area contributed by atoms with Gasteiger partial charge in [-0.2, -0.15) is 0 Å². The second-order valence-corrected chi connectivity index (χ2v) is 7.57. The van der Waals surface area contributed by atoms with Crippen LogP contribution in [0.4, 0.5) is 4.39 Å². The Kier molecular flexibility index (Phi) is 5.25. The molecule has 25 heavy (non-hydrogen) atoms. The van der Waals surface area contributed by atoms with Crippen LogP contribution in [-0.4, -0.2) is 18.0 Å². The Morgan fingerprint density at radius 2 is 1.60 bits per heavy atom. The number of nitrogens with zero attached hydrogens (tertiary/aromatic N) is 2. The van der Waals surface area contributed by atoms with Crippen molar-refractivity contribution < 1.29 is 12.8 Å². The average Bonchev–Trinajstić information content (AvgIpc) is 3.09. The molecule has 3 aromatic rings. The van der Waals surface area contributed by atoms with Gasteiger partial charge in [-0.25, -0.2) is 22.5 Å². The van der Waals surface area contributed by atoms with Crippen molar-refractivity contribution >= 4 is 10.0 Å². The number of hydrogen-bond acceptors (Lipinski definition) is 3. The lowest BCUT2D eigenvalue weighted by Gasteiger charge is -2.08. The van der Waals surface area contributed by atoms with Gasteiger partial charge in [0.15, 0.2) is 0 Å². The third-order valence-electron chi connectivity index (χ3n) is 3.71.